The zero-order valence-electron chi connectivity index (χ0n) is 11.0. The summed E-state index contributed by atoms with van der Waals surface area (Å²) in [5.41, 5.74) is 0.834. The first-order valence-corrected chi connectivity index (χ1v) is 7.03. The van der Waals surface area contributed by atoms with Crippen LogP contribution in [0.5, 0.6) is 5.75 Å². The van der Waals surface area contributed by atoms with Crippen LogP contribution < -0.4 is 10.1 Å². The second-order valence-electron chi connectivity index (χ2n) is 4.12. The maximum absolute atomic E-state index is 5.66. The van der Waals surface area contributed by atoms with Crippen LogP contribution in [0.25, 0.3) is 0 Å². The van der Waals surface area contributed by atoms with Crippen molar-refractivity contribution in [3.63, 3.8) is 0 Å². The lowest BCUT2D eigenvalue weighted by molar-refractivity contribution is 0.384. The minimum Gasteiger partial charge on any atom is -0.495 e. The Kier molecular flexibility index (Phi) is 4.99. The van der Waals surface area contributed by atoms with Gasteiger partial charge in [-0.15, -0.1) is 0 Å². The number of ether oxygens (including phenoxy) is 1. The Hall–Kier alpha value is -1.33. The lowest BCUT2D eigenvalue weighted by atomic mass is 10.1. The lowest BCUT2D eigenvalue weighted by Gasteiger charge is -2.18. The molecule has 0 aliphatic heterocycles. The van der Waals surface area contributed by atoms with Gasteiger partial charge in [-0.1, -0.05) is 6.92 Å². The first kappa shape index (κ1) is 14.1. The molecule has 2 aromatic heterocycles. The number of pyridine rings is 1. The van der Waals surface area contributed by atoms with Gasteiger partial charge >= 0.3 is 0 Å². The number of hydrogen-bond donors (Lipinski definition) is 1. The summed E-state index contributed by atoms with van der Waals surface area (Å²) in [5, 5.41) is 3.43. The summed E-state index contributed by atoms with van der Waals surface area (Å²) in [5.74, 6) is 1.57. The number of halogens is 1. The maximum atomic E-state index is 5.66. The molecule has 1 unspecified atom stereocenters. The van der Waals surface area contributed by atoms with Crippen LogP contribution >= 0.6 is 15.9 Å². The molecule has 0 spiro atoms. The Morgan fingerprint density at radius 2 is 2.26 bits per heavy atom. The number of nitrogens with zero attached hydrogens (tertiary/aromatic N) is 1. The van der Waals surface area contributed by atoms with E-state index in [2.05, 4.69) is 33.2 Å². The molecule has 1 N–H and O–H groups in total. The summed E-state index contributed by atoms with van der Waals surface area (Å²) >= 11 is 3.33. The van der Waals surface area contributed by atoms with Crippen LogP contribution in [0.4, 0.5) is 0 Å². The third-order valence-corrected chi connectivity index (χ3v) is 3.20. The Labute approximate surface area is 121 Å². The van der Waals surface area contributed by atoms with Crippen LogP contribution in [0.3, 0.4) is 0 Å². The van der Waals surface area contributed by atoms with E-state index in [4.69, 9.17) is 9.15 Å². The van der Waals surface area contributed by atoms with Crippen molar-refractivity contribution >= 4 is 15.9 Å². The predicted octanol–water partition coefficient (Wildman–Crippen LogP) is 3.53. The van der Waals surface area contributed by atoms with Crippen molar-refractivity contribution in [1.29, 1.82) is 0 Å². The van der Waals surface area contributed by atoms with Crippen molar-refractivity contribution in [2.45, 2.75) is 19.4 Å². The Bertz CT molecular complexity index is 528. The molecule has 0 aliphatic rings. The SMILES string of the molecule is CCCNC(c1ccc(Br)o1)c1ncccc1OC. The van der Waals surface area contributed by atoms with E-state index in [0.29, 0.717) is 4.67 Å². The van der Waals surface area contributed by atoms with E-state index in [9.17, 15) is 0 Å². The van der Waals surface area contributed by atoms with Crippen LogP contribution in [-0.2, 0) is 0 Å². The molecule has 5 heteroatoms. The third kappa shape index (κ3) is 3.36. The first-order chi connectivity index (χ1) is 9.26. The smallest absolute Gasteiger partial charge is 0.169 e. The number of rotatable bonds is 6. The van der Waals surface area contributed by atoms with E-state index >= 15 is 0 Å². The summed E-state index contributed by atoms with van der Waals surface area (Å²) in [4.78, 5) is 4.43. The molecule has 2 heterocycles. The molecule has 0 fully saturated rings. The molecular formula is C14H17BrN2O2. The minimum atomic E-state index is -0.109. The minimum absolute atomic E-state index is 0.109. The zero-order valence-corrected chi connectivity index (χ0v) is 12.6. The molecule has 0 aromatic carbocycles. The highest BCUT2D eigenvalue weighted by atomic mass is 79.9. The molecule has 0 aliphatic carbocycles. The lowest BCUT2D eigenvalue weighted by Crippen LogP contribution is -2.24. The van der Waals surface area contributed by atoms with Crippen LogP contribution in [0.15, 0.2) is 39.5 Å². The van der Waals surface area contributed by atoms with Crippen molar-refractivity contribution in [3.8, 4) is 5.75 Å². The molecule has 19 heavy (non-hydrogen) atoms. The van der Waals surface area contributed by atoms with Crippen molar-refractivity contribution in [2.75, 3.05) is 13.7 Å². The van der Waals surface area contributed by atoms with E-state index in [0.717, 1.165) is 30.2 Å². The van der Waals surface area contributed by atoms with Crippen LogP contribution in [-0.4, -0.2) is 18.6 Å². The molecule has 0 bridgehead atoms. The zero-order chi connectivity index (χ0) is 13.7. The van der Waals surface area contributed by atoms with Gasteiger partial charge in [0.1, 0.15) is 23.2 Å². The number of hydrogen-bond acceptors (Lipinski definition) is 4. The fourth-order valence-electron chi connectivity index (χ4n) is 1.90. The van der Waals surface area contributed by atoms with Crippen molar-refractivity contribution in [3.05, 3.63) is 46.6 Å². The van der Waals surface area contributed by atoms with Gasteiger partial charge in [0.15, 0.2) is 4.67 Å². The highest BCUT2D eigenvalue weighted by molar-refractivity contribution is 9.10. The average molecular weight is 325 g/mol. The highest BCUT2D eigenvalue weighted by Gasteiger charge is 2.22. The summed E-state index contributed by atoms with van der Waals surface area (Å²) in [6.07, 6.45) is 2.80. The Balaban J connectivity index is 2.36. The van der Waals surface area contributed by atoms with E-state index in [1.165, 1.54) is 0 Å². The molecular weight excluding hydrogens is 308 g/mol. The van der Waals surface area contributed by atoms with Gasteiger partial charge in [0.25, 0.3) is 0 Å². The number of methoxy groups -OCH3 is 1. The molecule has 2 aromatic rings. The molecule has 2 rings (SSSR count). The molecule has 0 saturated heterocycles. The van der Waals surface area contributed by atoms with Crippen LogP contribution in [0.2, 0.25) is 0 Å². The van der Waals surface area contributed by atoms with Crippen molar-refractivity contribution in [2.24, 2.45) is 0 Å². The third-order valence-electron chi connectivity index (χ3n) is 2.77. The van der Waals surface area contributed by atoms with Gasteiger partial charge in [-0.3, -0.25) is 4.98 Å². The van der Waals surface area contributed by atoms with Gasteiger partial charge in [0, 0.05) is 6.20 Å². The van der Waals surface area contributed by atoms with Crippen molar-refractivity contribution < 1.29 is 9.15 Å². The second kappa shape index (κ2) is 6.73. The van der Waals surface area contributed by atoms with Gasteiger partial charge in [-0.05, 0) is 53.2 Å². The van der Waals surface area contributed by atoms with E-state index in [1.54, 1.807) is 13.3 Å². The molecule has 102 valence electrons. The number of aromatic nitrogens is 1. The monoisotopic (exact) mass is 324 g/mol. The summed E-state index contributed by atoms with van der Waals surface area (Å²) in [6.45, 7) is 3.00. The summed E-state index contributed by atoms with van der Waals surface area (Å²) in [7, 11) is 1.65. The van der Waals surface area contributed by atoms with Gasteiger partial charge < -0.3 is 14.5 Å². The fraction of sp³-hybridized carbons (Fsp3) is 0.357. The maximum Gasteiger partial charge on any atom is 0.169 e. The van der Waals surface area contributed by atoms with Crippen molar-refractivity contribution in [1.82, 2.24) is 10.3 Å². The summed E-state index contributed by atoms with van der Waals surface area (Å²) < 4.78 is 11.7. The van der Waals surface area contributed by atoms with Gasteiger partial charge in [0.2, 0.25) is 0 Å². The molecule has 0 amide bonds. The predicted molar refractivity (Wildman–Crippen MR) is 77.3 cm³/mol. The topological polar surface area (TPSA) is 47.3 Å². The molecule has 0 radical (unpaired) electrons. The molecule has 1 atom stereocenters. The van der Waals surface area contributed by atoms with Gasteiger partial charge in [0.05, 0.1) is 7.11 Å². The fourth-order valence-corrected chi connectivity index (χ4v) is 2.22. The standard InChI is InChI=1S/C14H17BrN2O2/c1-3-8-16-14(11-6-7-12(15)19-11)13-10(18-2)5-4-9-17-13/h4-7,9,14,16H,3,8H2,1-2H3. The normalized spacial score (nSPS) is 12.4. The van der Waals surface area contributed by atoms with Crippen LogP contribution in [0.1, 0.15) is 30.8 Å². The average Bonchev–Trinajstić information content (AvgIpc) is 2.86. The Morgan fingerprint density at radius 1 is 1.42 bits per heavy atom. The second-order valence-corrected chi connectivity index (χ2v) is 4.90. The first-order valence-electron chi connectivity index (χ1n) is 6.23. The number of furan rings is 1. The highest BCUT2D eigenvalue weighted by Crippen LogP contribution is 2.30. The summed E-state index contributed by atoms with van der Waals surface area (Å²) in [6, 6.07) is 7.47. The quantitative estimate of drug-likeness (QED) is 0.882. The Morgan fingerprint density at radius 3 is 2.89 bits per heavy atom. The van der Waals surface area contributed by atoms with E-state index < -0.39 is 0 Å². The van der Waals surface area contributed by atoms with Gasteiger partial charge in [-0.2, -0.15) is 0 Å². The molecule has 4 nitrogen and oxygen atoms in total. The van der Waals surface area contributed by atoms with Crippen LogP contribution in [0, 0.1) is 0 Å². The number of nitrogens with one attached hydrogen (secondary N) is 1. The van der Waals surface area contributed by atoms with Gasteiger partial charge in [-0.25, -0.2) is 0 Å². The molecule has 0 saturated carbocycles. The van der Waals surface area contributed by atoms with E-state index in [-0.39, 0.29) is 6.04 Å². The largest absolute Gasteiger partial charge is 0.495 e. The van der Waals surface area contributed by atoms with E-state index in [1.807, 2.05) is 24.3 Å².